The van der Waals surface area contributed by atoms with Crippen LogP contribution in [0.3, 0.4) is 0 Å². The van der Waals surface area contributed by atoms with Gasteiger partial charge in [-0.3, -0.25) is 4.79 Å². The molecule has 0 saturated carbocycles. The number of hydrogen-bond acceptors (Lipinski definition) is 2. The lowest BCUT2D eigenvalue weighted by molar-refractivity contribution is -0.130. The molecule has 1 amide bonds. The average Bonchev–Trinajstić information content (AvgIpc) is 2.65. The van der Waals surface area contributed by atoms with Crippen LogP contribution in [0.15, 0.2) is 0 Å². The number of amides is 1. The highest BCUT2D eigenvalue weighted by Gasteiger charge is 2.43. The number of nitrogens with zero attached hydrogens (tertiary/aromatic N) is 1. The minimum Gasteiger partial charge on any atom is -0.356 e. The fraction of sp³-hybridized carbons (Fsp3) is 0.917. The number of carbonyl (C=O) groups excluding carboxylic acids is 1. The predicted octanol–water partition coefficient (Wildman–Crippen LogP) is 1.63. The van der Waals surface area contributed by atoms with E-state index < -0.39 is 0 Å². The van der Waals surface area contributed by atoms with Gasteiger partial charge in [0, 0.05) is 6.54 Å². The van der Waals surface area contributed by atoms with E-state index in [4.69, 9.17) is 0 Å². The first-order chi connectivity index (χ1) is 7.27. The van der Waals surface area contributed by atoms with Gasteiger partial charge < -0.3 is 10.2 Å². The first-order valence-corrected chi connectivity index (χ1v) is 6.27. The summed E-state index contributed by atoms with van der Waals surface area (Å²) in [6, 6.07) is 0. The monoisotopic (exact) mass is 212 g/mol. The van der Waals surface area contributed by atoms with Crippen LogP contribution in [0, 0.1) is 5.41 Å². The van der Waals surface area contributed by atoms with Crippen molar-refractivity contribution in [2.45, 2.75) is 40.0 Å². The molecule has 0 aromatic carbocycles. The van der Waals surface area contributed by atoms with Gasteiger partial charge in [0.2, 0.25) is 5.91 Å². The van der Waals surface area contributed by atoms with Crippen molar-refractivity contribution in [1.82, 2.24) is 10.2 Å². The Labute approximate surface area is 93.2 Å². The van der Waals surface area contributed by atoms with Gasteiger partial charge in [0.15, 0.2) is 0 Å². The van der Waals surface area contributed by atoms with Gasteiger partial charge in [0.1, 0.15) is 0 Å². The molecule has 2 fully saturated rings. The van der Waals surface area contributed by atoms with E-state index in [2.05, 4.69) is 17.1 Å². The van der Waals surface area contributed by atoms with Gasteiger partial charge in [-0.2, -0.15) is 0 Å². The summed E-state index contributed by atoms with van der Waals surface area (Å²) >= 11 is 0. The number of likely N-dealkylation sites (tertiary alicyclic amines) is 1. The quantitative estimate of drug-likeness (QED) is 0.716. The lowest BCUT2D eigenvalue weighted by Crippen LogP contribution is -2.43. The Kier molecular flexibility index (Phi) is 4.58. The van der Waals surface area contributed by atoms with Crippen molar-refractivity contribution >= 4 is 5.91 Å². The molecule has 2 rings (SSSR count). The standard InChI is InChI=1S/C10H18N2O.C2H6/c1-2-12-7-4-10(5-8-12)3-6-11-9(10)13;1-2/h2-8H2,1H3,(H,11,13);1-2H3. The highest BCUT2D eigenvalue weighted by molar-refractivity contribution is 5.84. The molecule has 0 bridgehead atoms. The van der Waals surface area contributed by atoms with E-state index in [1.54, 1.807) is 0 Å². The molecule has 0 unspecified atom stereocenters. The van der Waals surface area contributed by atoms with E-state index in [-0.39, 0.29) is 5.41 Å². The van der Waals surface area contributed by atoms with Gasteiger partial charge in [0.05, 0.1) is 5.41 Å². The summed E-state index contributed by atoms with van der Waals surface area (Å²) in [6.45, 7) is 10.4. The van der Waals surface area contributed by atoms with Crippen LogP contribution in [0.25, 0.3) is 0 Å². The van der Waals surface area contributed by atoms with Crippen LogP contribution in [0.4, 0.5) is 0 Å². The lowest BCUT2D eigenvalue weighted by Gasteiger charge is -2.36. The summed E-state index contributed by atoms with van der Waals surface area (Å²) in [4.78, 5) is 14.0. The van der Waals surface area contributed by atoms with Gasteiger partial charge in [-0.05, 0) is 38.9 Å². The fourth-order valence-corrected chi connectivity index (χ4v) is 2.49. The Morgan fingerprint density at radius 3 is 2.27 bits per heavy atom. The van der Waals surface area contributed by atoms with Crippen molar-refractivity contribution in [3.63, 3.8) is 0 Å². The average molecular weight is 212 g/mol. The number of rotatable bonds is 1. The Morgan fingerprint density at radius 2 is 1.87 bits per heavy atom. The van der Waals surface area contributed by atoms with Crippen molar-refractivity contribution in [3.05, 3.63) is 0 Å². The van der Waals surface area contributed by atoms with Crippen LogP contribution < -0.4 is 5.32 Å². The van der Waals surface area contributed by atoms with Crippen LogP contribution >= 0.6 is 0 Å². The van der Waals surface area contributed by atoms with Crippen molar-refractivity contribution in [1.29, 1.82) is 0 Å². The molecule has 2 aliphatic rings. The van der Waals surface area contributed by atoms with Crippen LogP contribution in [0.2, 0.25) is 0 Å². The predicted molar refractivity (Wildman–Crippen MR) is 62.8 cm³/mol. The molecule has 0 aliphatic carbocycles. The van der Waals surface area contributed by atoms with Crippen LogP contribution in [0.5, 0.6) is 0 Å². The smallest absolute Gasteiger partial charge is 0.226 e. The molecule has 2 heterocycles. The molecule has 0 aromatic heterocycles. The zero-order valence-electron chi connectivity index (χ0n) is 10.3. The Balaban J connectivity index is 0.000000531. The molecular weight excluding hydrogens is 188 g/mol. The number of nitrogens with one attached hydrogen (secondary N) is 1. The van der Waals surface area contributed by atoms with Crippen LogP contribution in [-0.4, -0.2) is 37.0 Å². The normalized spacial score (nSPS) is 24.6. The van der Waals surface area contributed by atoms with Crippen LogP contribution in [-0.2, 0) is 4.79 Å². The maximum Gasteiger partial charge on any atom is 0.226 e. The third-order valence-electron chi connectivity index (χ3n) is 3.63. The molecular formula is C12H24N2O. The molecule has 0 aromatic rings. The molecule has 1 spiro atoms. The summed E-state index contributed by atoms with van der Waals surface area (Å²) in [7, 11) is 0. The first kappa shape index (κ1) is 12.5. The molecule has 3 heteroatoms. The maximum absolute atomic E-state index is 11.6. The van der Waals surface area contributed by atoms with Gasteiger partial charge >= 0.3 is 0 Å². The second-order valence-electron chi connectivity index (χ2n) is 4.22. The van der Waals surface area contributed by atoms with Crippen molar-refractivity contribution in [2.24, 2.45) is 5.41 Å². The summed E-state index contributed by atoms with van der Waals surface area (Å²) in [6.07, 6.45) is 3.18. The van der Waals surface area contributed by atoms with E-state index in [0.29, 0.717) is 5.91 Å². The molecule has 2 aliphatic heterocycles. The van der Waals surface area contributed by atoms with Crippen molar-refractivity contribution in [3.8, 4) is 0 Å². The second kappa shape index (κ2) is 5.50. The summed E-state index contributed by atoms with van der Waals surface area (Å²) in [5.41, 5.74) is 0.0195. The van der Waals surface area contributed by atoms with E-state index in [1.807, 2.05) is 13.8 Å². The summed E-state index contributed by atoms with van der Waals surface area (Å²) in [5.74, 6) is 0.309. The minimum absolute atomic E-state index is 0.0195. The van der Waals surface area contributed by atoms with Gasteiger partial charge in [-0.25, -0.2) is 0 Å². The third-order valence-corrected chi connectivity index (χ3v) is 3.63. The Morgan fingerprint density at radius 1 is 1.27 bits per heavy atom. The number of hydrogen-bond donors (Lipinski definition) is 1. The maximum atomic E-state index is 11.6. The topological polar surface area (TPSA) is 32.3 Å². The fourth-order valence-electron chi connectivity index (χ4n) is 2.49. The molecule has 1 N–H and O–H groups in total. The van der Waals surface area contributed by atoms with Crippen LogP contribution in [0.1, 0.15) is 40.0 Å². The Hall–Kier alpha value is -0.570. The SMILES string of the molecule is CC.CCN1CCC2(CCNC2=O)CC1. The highest BCUT2D eigenvalue weighted by Crippen LogP contribution is 2.37. The lowest BCUT2D eigenvalue weighted by atomic mass is 9.77. The van der Waals surface area contributed by atoms with Gasteiger partial charge in [-0.1, -0.05) is 20.8 Å². The molecule has 3 nitrogen and oxygen atoms in total. The molecule has 2 saturated heterocycles. The van der Waals surface area contributed by atoms with E-state index in [9.17, 15) is 4.79 Å². The second-order valence-corrected chi connectivity index (χ2v) is 4.22. The van der Waals surface area contributed by atoms with Gasteiger partial charge in [-0.15, -0.1) is 0 Å². The number of carbonyl (C=O) groups is 1. The van der Waals surface area contributed by atoms with E-state index in [0.717, 1.165) is 45.4 Å². The molecule has 88 valence electrons. The zero-order chi connectivity index (χ0) is 11.3. The third kappa shape index (κ3) is 2.51. The number of piperidine rings is 1. The van der Waals surface area contributed by atoms with E-state index in [1.165, 1.54) is 0 Å². The van der Waals surface area contributed by atoms with Crippen molar-refractivity contribution in [2.75, 3.05) is 26.2 Å². The summed E-state index contributed by atoms with van der Waals surface area (Å²) in [5, 5.41) is 2.96. The van der Waals surface area contributed by atoms with Gasteiger partial charge in [0.25, 0.3) is 0 Å². The largest absolute Gasteiger partial charge is 0.356 e. The molecule has 15 heavy (non-hydrogen) atoms. The summed E-state index contributed by atoms with van der Waals surface area (Å²) < 4.78 is 0. The Bertz CT molecular complexity index is 208. The molecule has 0 atom stereocenters. The molecule has 0 radical (unpaired) electrons. The van der Waals surface area contributed by atoms with Crippen molar-refractivity contribution < 1.29 is 4.79 Å². The first-order valence-electron chi connectivity index (χ1n) is 6.27. The van der Waals surface area contributed by atoms with E-state index >= 15 is 0 Å². The zero-order valence-corrected chi connectivity index (χ0v) is 10.3. The minimum atomic E-state index is 0.0195. The highest BCUT2D eigenvalue weighted by atomic mass is 16.2.